The summed E-state index contributed by atoms with van der Waals surface area (Å²) in [4.78, 5) is 21.9. The molecule has 0 atom stereocenters. The normalized spacial score (nSPS) is 10.1. The predicted molar refractivity (Wildman–Crippen MR) is 69.4 cm³/mol. The largest absolute Gasteiger partial charge is 0.385 e. The molecule has 0 heterocycles. The number of carbonyl (C=O) groups excluding carboxylic acids is 2. The van der Waals surface area contributed by atoms with Crippen molar-refractivity contribution >= 4 is 12.2 Å². The molecule has 0 aliphatic rings. The van der Waals surface area contributed by atoms with E-state index < -0.39 is 0 Å². The summed E-state index contributed by atoms with van der Waals surface area (Å²) in [5.74, 6) is 0.00856. The zero-order valence-electron chi connectivity index (χ0n) is 10.6. The molecule has 0 spiro atoms. The van der Waals surface area contributed by atoms with Gasteiger partial charge in [-0.1, -0.05) is 24.3 Å². The molecule has 1 rings (SSSR count). The maximum absolute atomic E-state index is 11.6. The highest BCUT2D eigenvalue weighted by atomic mass is 16.5. The summed E-state index contributed by atoms with van der Waals surface area (Å²) in [6, 6.07) is 7.52. The van der Waals surface area contributed by atoms with Crippen molar-refractivity contribution < 1.29 is 14.3 Å². The summed E-state index contributed by atoms with van der Waals surface area (Å²) in [6.45, 7) is 1.29. The second kappa shape index (κ2) is 8.42. The lowest BCUT2D eigenvalue weighted by Gasteiger charge is -2.05. The lowest BCUT2D eigenvalue weighted by Crippen LogP contribution is -2.26. The molecule has 1 amide bonds. The number of ether oxygens (including phenoxy) is 1. The highest BCUT2D eigenvalue weighted by molar-refractivity contribution is 5.78. The molecule has 0 radical (unpaired) electrons. The lowest BCUT2D eigenvalue weighted by molar-refractivity contribution is -0.120. The zero-order valence-corrected chi connectivity index (χ0v) is 10.6. The SMILES string of the molecule is COCCCNC(=O)Cc1ccc(CC=O)cc1. The van der Waals surface area contributed by atoms with Gasteiger partial charge in [0.2, 0.25) is 5.91 Å². The smallest absolute Gasteiger partial charge is 0.224 e. The fourth-order valence-electron chi connectivity index (χ4n) is 1.58. The van der Waals surface area contributed by atoms with Crippen molar-refractivity contribution in [2.24, 2.45) is 0 Å². The van der Waals surface area contributed by atoms with E-state index in [0.29, 0.717) is 26.0 Å². The third-order valence-corrected chi connectivity index (χ3v) is 2.55. The van der Waals surface area contributed by atoms with E-state index >= 15 is 0 Å². The summed E-state index contributed by atoms with van der Waals surface area (Å²) in [6.07, 6.45) is 2.48. The Hall–Kier alpha value is -1.68. The average molecular weight is 249 g/mol. The molecular weight excluding hydrogens is 230 g/mol. The molecule has 98 valence electrons. The van der Waals surface area contributed by atoms with Crippen LogP contribution < -0.4 is 5.32 Å². The van der Waals surface area contributed by atoms with Gasteiger partial charge in [0.05, 0.1) is 6.42 Å². The van der Waals surface area contributed by atoms with Crippen LogP contribution in [0.5, 0.6) is 0 Å². The van der Waals surface area contributed by atoms with Gasteiger partial charge in [0.1, 0.15) is 6.29 Å². The minimum absolute atomic E-state index is 0.00856. The maximum Gasteiger partial charge on any atom is 0.224 e. The Kier molecular flexibility index (Phi) is 6.72. The topological polar surface area (TPSA) is 55.4 Å². The molecule has 4 heteroatoms. The number of carbonyl (C=O) groups is 2. The highest BCUT2D eigenvalue weighted by Crippen LogP contribution is 2.05. The van der Waals surface area contributed by atoms with Gasteiger partial charge in [-0.25, -0.2) is 0 Å². The summed E-state index contributed by atoms with van der Waals surface area (Å²) < 4.78 is 4.90. The Morgan fingerprint density at radius 2 is 1.94 bits per heavy atom. The van der Waals surface area contributed by atoms with Crippen LogP contribution in [-0.2, 0) is 27.2 Å². The first-order chi connectivity index (χ1) is 8.76. The van der Waals surface area contributed by atoms with Crippen molar-refractivity contribution in [2.45, 2.75) is 19.3 Å². The molecule has 4 nitrogen and oxygen atoms in total. The molecule has 0 bridgehead atoms. The fourth-order valence-corrected chi connectivity index (χ4v) is 1.58. The van der Waals surface area contributed by atoms with E-state index in [-0.39, 0.29) is 5.91 Å². The van der Waals surface area contributed by atoms with Gasteiger partial charge in [-0.15, -0.1) is 0 Å². The van der Waals surface area contributed by atoms with E-state index in [9.17, 15) is 9.59 Å². The van der Waals surface area contributed by atoms with Crippen LogP contribution in [0.1, 0.15) is 17.5 Å². The number of hydrogen-bond acceptors (Lipinski definition) is 3. The quantitative estimate of drug-likeness (QED) is 0.555. The van der Waals surface area contributed by atoms with Gasteiger partial charge in [-0.05, 0) is 17.5 Å². The van der Waals surface area contributed by atoms with Crippen LogP contribution in [-0.4, -0.2) is 32.5 Å². The third kappa shape index (κ3) is 5.59. The van der Waals surface area contributed by atoms with Crippen LogP contribution in [0.2, 0.25) is 0 Å². The zero-order chi connectivity index (χ0) is 13.2. The Morgan fingerprint density at radius 1 is 1.28 bits per heavy atom. The van der Waals surface area contributed by atoms with Gasteiger partial charge < -0.3 is 14.8 Å². The third-order valence-electron chi connectivity index (χ3n) is 2.55. The Labute approximate surface area is 107 Å². The van der Waals surface area contributed by atoms with E-state index in [1.807, 2.05) is 24.3 Å². The molecule has 0 saturated heterocycles. The van der Waals surface area contributed by atoms with Crippen molar-refractivity contribution in [3.8, 4) is 0 Å². The number of aldehydes is 1. The van der Waals surface area contributed by atoms with Crippen LogP contribution in [0.25, 0.3) is 0 Å². The minimum Gasteiger partial charge on any atom is -0.385 e. The number of nitrogens with one attached hydrogen (secondary N) is 1. The van der Waals surface area contributed by atoms with Gasteiger partial charge >= 0.3 is 0 Å². The van der Waals surface area contributed by atoms with Crippen LogP contribution in [0.15, 0.2) is 24.3 Å². The van der Waals surface area contributed by atoms with Gasteiger partial charge in [-0.2, -0.15) is 0 Å². The fraction of sp³-hybridized carbons (Fsp3) is 0.429. The van der Waals surface area contributed by atoms with Gasteiger partial charge in [0.25, 0.3) is 0 Å². The van der Waals surface area contributed by atoms with Gasteiger partial charge in [0.15, 0.2) is 0 Å². The molecule has 1 aromatic rings. The molecular formula is C14H19NO3. The van der Waals surface area contributed by atoms with Crippen LogP contribution in [0, 0.1) is 0 Å². The van der Waals surface area contributed by atoms with Crippen molar-refractivity contribution in [1.29, 1.82) is 0 Å². The van der Waals surface area contributed by atoms with Gasteiger partial charge in [-0.3, -0.25) is 4.79 Å². The summed E-state index contributed by atoms with van der Waals surface area (Å²) >= 11 is 0. The molecule has 0 aliphatic carbocycles. The number of rotatable bonds is 8. The minimum atomic E-state index is 0.00856. The number of amides is 1. The van der Waals surface area contributed by atoms with E-state index in [2.05, 4.69) is 5.32 Å². The van der Waals surface area contributed by atoms with Crippen LogP contribution in [0.3, 0.4) is 0 Å². The lowest BCUT2D eigenvalue weighted by atomic mass is 10.1. The second-order valence-corrected chi connectivity index (χ2v) is 4.06. The molecule has 0 aliphatic heterocycles. The van der Waals surface area contributed by atoms with Crippen molar-refractivity contribution in [3.05, 3.63) is 35.4 Å². The number of benzene rings is 1. The van der Waals surface area contributed by atoms with E-state index in [4.69, 9.17) is 4.74 Å². The first-order valence-electron chi connectivity index (χ1n) is 6.03. The van der Waals surface area contributed by atoms with E-state index in [1.54, 1.807) is 7.11 Å². The van der Waals surface area contributed by atoms with Crippen molar-refractivity contribution in [1.82, 2.24) is 5.32 Å². The molecule has 18 heavy (non-hydrogen) atoms. The Balaban J connectivity index is 2.32. The van der Waals surface area contributed by atoms with Crippen molar-refractivity contribution in [3.63, 3.8) is 0 Å². The molecule has 0 fully saturated rings. The number of hydrogen-bond donors (Lipinski definition) is 1. The van der Waals surface area contributed by atoms with Gasteiger partial charge in [0, 0.05) is 26.7 Å². The average Bonchev–Trinajstić information content (AvgIpc) is 2.37. The summed E-state index contributed by atoms with van der Waals surface area (Å²) in [7, 11) is 1.64. The molecule has 0 saturated carbocycles. The highest BCUT2D eigenvalue weighted by Gasteiger charge is 2.02. The first kappa shape index (κ1) is 14.4. The monoisotopic (exact) mass is 249 g/mol. The van der Waals surface area contributed by atoms with Crippen LogP contribution >= 0.6 is 0 Å². The Bertz CT molecular complexity index is 373. The molecule has 1 aromatic carbocycles. The molecule has 0 unspecified atom stereocenters. The second-order valence-electron chi connectivity index (χ2n) is 4.06. The predicted octanol–water partition coefficient (Wildman–Crippen LogP) is 1.12. The maximum atomic E-state index is 11.6. The van der Waals surface area contributed by atoms with Crippen LogP contribution in [0.4, 0.5) is 0 Å². The van der Waals surface area contributed by atoms with Crippen molar-refractivity contribution in [2.75, 3.05) is 20.3 Å². The Morgan fingerprint density at radius 3 is 2.56 bits per heavy atom. The number of methoxy groups -OCH3 is 1. The summed E-state index contributed by atoms with van der Waals surface area (Å²) in [5, 5.41) is 2.83. The standard InChI is InChI=1S/C14H19NO3/c1-18-10-2-8-15-14(17)11-13-5-3-12(4-6-13)7-9-16/h3-6,9H,2,7-8,10-11H2,1H3,(H,15,17). The van der Waals surface area contributed by atoms with E-state index in [1.165, 1.54) is 0 Å². The molecule has 0 aromatic heterocycles. The molecule has 1 N–H and O–H groups in total. The first-order valence-corrected chi connectivity index (χ1v) is 6.03. The summed E-state index contributed by atoms with van der Waals surface area (Å²) in [5.41, 5.74) is 1.92. The van der Waals surface area contributed by atoms with E-state index in [0.717, 1.165) is 23.8 Å².